The molecule has 80 valence electrons. The number of hydrogen-bond acceptors (Lipinski definition) is 1. The van der Waals surface area contributed by atoms with Gasteiger partial charge in [-0.15, -0.1) is 0 Å². The summed E-state index contributed by atoms with van der Waals surface area (Å²) in [7, 11) is 1.81. The Labute approximate surface area is 87.8 Å². The van der Waals surface area contributed by atoms with Crippen LogP contribution >= 0.6 is 0 Å². The van der Waals surface area contributed by atoms with E-state index in [1.165, 1.54) is 11.0 Å². The molecule has 1 aliphatic heterocycles. The van der Waals surface area contributed by atoms with E-state index in [0.717, 1.165) is 0 Å². The van der Waals surface area contributed by atoms with Gasteiger partial charge in [-0.05, 0) is 24.6 Å². The third-order valence-corrected chi connectivity index (χ3v) is 2.56. The van der Waals surface area contributed by atoms with Gasteiger partial charge in [-0.3, -0.25) is 4.79 Å². The Kier molecular flexibility index (Phi) is 2.58. The first-order chi connectivity index (χ1) is 7.18. The van der Waals surface area contributed by atoms with Gasteiger partial charge < -0.3 is 9.47 Å². The lowest BCUT2D eigenvalue weighted by atomic mass is 10.2. The standard InChI is InChI=1S/C11H13FN2O/c1-13-6-3-5-10(13)11(15)14-7-2-4-9(12)8-14/h3-6H,2,7-8H2,1H3. The second-order valence-electron chi connectivity index (χ2n) is 3.67. The van der Waals surface area contributed by atoms with Gasteiger partial charge in [0, 0.05) is 19.8 Å². The Bertz CT molecular complexity index is 408. The molecule has 0 fully saturated rings. The SMILES string of the molecule is Cn1cccc1C(=O)N1CCC=C(F)C1. The zero-order valence-electron chi connectivity index (χ0n) is 8.61. The minimum atomic E-state index is -0.219. The zero-order valence-corrected chi connectivity index (χ0v) is 8.61. The molecule has 4 heteroatoms. The molecule has 0 saturated heterocycles. The number of carbonyl (C=O) groups is 1. The van der Waals surface area contributed by atoms with E-state index in [0.29, 0.717) is 18.7 Å². The molecule has 0 bridgehead atoms. The van der Waals surface area contributed by atoms with Crippen LogP contribution in [0.2, 0.25) is 0 Å². The number of carbonyl (C=O) groups excluding carboxylic acids is 1. The van der Waals surface area contributed by atoms with Gasteiger partial charge in [0.25, 0.3) is 5.91 Å². The Morgan fingerprint density at radius 1 is 1.53 bits per heavy atom. The van der Waals surface area contributed by atoms with E-state index in [1.807, 2.05) is 19.3 Å². The Morgan fingerprint density at radius 2 is 2.33 bits per heavy atom. The molecule has 1 aromatic rings. The van der Waals surface area contributed by atoms with E-state index >= 15 is 0 Å². The Balaban J connectivity index is 2.16. The van der Waals surface area contributed by atoms with Crippen molar-refractivity contribution in [3.05, 3.63) is 35.9 Å². The maximum Gasteiger partial charge on any atom is 0.270 e. The van der Waals surface area contributed by atoms with Crippen molar-refractivity contribution in [1.82, 2.24) is 9.47 Å². The first kappa shape index (κ1) is 9.96. The third kappa shape index (κ3) is 1.93. The predicted molar refractivity (Wildman–Crippen MR) is 55.1 cm³/mol. The van der Waals surface area contributed by atoms with Crippen LogP contribution in [-0.4, -0.2) is 28.5 Å². The number of halogens is 1. The summed E-state index contributed by atoms with van der Waals surface area (Å²) >= 11 is 0. The summed E-state index contributed by atoms with van der Waals surface area (Å²) in [6.45, 7) is 0.696. The largest absolute Gasteiger partial charge is 0.347 e. The molecule has 1 aliphatic rings. The lowest BCUT2D eigenvalue weighted by Crippen LogP contribution is -2.36. The molecule has 1 aromatic heterocycles. The third-order valence-electron chi connectivity index (χ3n) is 2.56. The molecule has 0 N–H and O–H groups in total. The van der Waals surface area contributed by atoms with Crippen LogP contribution in [0.1, 0.15) is 16.9 Å². The van der Waals surface area contributed by atoms with Gasteiger partial charge in [-0.25, -0.2) is 4.39 Å². The van der Waals surface area contributed by atoms with Crippen LogP contribution in [0.5, 0.6) is 0 Å². The van der Waals surface area contributed by atoms with Gasteiger partial charge in [-0.2, -0.15) is 0 Å². The van der Waals surface area contributed by atoms with E-state index in [4.69, 9.17) is 0 Å². The number of amides is 1. The first-order valence-electron chi connectivity index (χ1n) is 4.93. The van der Waals surface area contributed by atoms with Crippen molar-refractivity contribution in [2.45, 2.75) is 6.42 Å². The van der Waals surface area contributed by atoms with Crippen molar-refractivity contribution in [1.29, 1.82) is 0 Å². The van der Waals surface area contributed by atoms with Gasteiger partial charge in [0.05, 0.1) is 6.54 Å². The summed E-state index contributed by atoms with van der Waals surface area (Å²) in [5.41, 5.74) is 0.602. The highest BCUT2D eigenvalue weighted by atomic mass is 19.1. The summed E-state index contributed by atoms with van der Waals surface area (Å²) < 4.78 is 14.7. The lowest BCUT2D eigenvalue weighted by Gasteiger charge is -2.24. The monoisotopic (exact) mass is 208 g/mol. The van der Waals surface area contributed by atoms with Gasteiger partial charge in [0.15, 0.2) is 0 Å². The molecule has 0 atom stereocenters. The zero-order chi connectivity index (χ0) is 10.8. The van der Waals surface area contributed by atoms with E-state index in [9.17, 15) is 9.18 Å². The quantitative estimate of drug-likeness (QED) is 0.690. The fraction of sp³-hybridized carbons (Fsp3) is 0.364. The molecule has 2 heterocycles. The second-order valence-corrected chi connectivity index (χ2v) is 3.67. The summed E-state index contributed by atoms with van der Waals surface area (Å²) in [5.74, 6) is -0.324. The maximum atomic E-state index is 13.0. The summed E-state index contributed by atoms with van der Waals surface area (Å²) in [5, 5.41) is 0. The highest BCUT2D eigenvalue weighted by molar-refractivity contribution is 5.93. The molecule has 0 unspecified atom stereocenters. The molecular formula is C11H13FN2O. The van der Waals surface area contributed by atoms with E-state index in [-0.39, 0.29) is 18.3 Å². The van der Waals surface area contributed by atoms with Crippen molar-refractivity contribution >= 4 is 5.91 Å². The number of aryl methyl sites for hydroxylation is 1. The molecular weight excluding hydrogens is 195 g/mol. The minimum Gasteiger partial charge on any atom is -0.347 e. The molecule has 3 nitrogen and oxygen atoms in total. The van der Waals surface area contributed by atoms with Crippen LogP contribution in [-0.2, 0) is 7.05 Å². The van der Waals surface area contributed by atoms with Crippen molar-refractivity contribution in [2.24, 2.45) is 7.05 Å². The second kappa shape index (κ2) is 3.88. The fourth-order valence-corrected chi connectivity index (χ4v) is 1.72. The number of hydrogen-bond donors (Lipinski definition) is 0. The highest BCUT2D eigenvalue weighted by Gasteiger charge is 2.20. The first-order valence-corrected chi connectivity index (χ1v) is 4.93. The Morgan fingerprint density at radius 3 is 2.93 bits per heavy atom. The van der Waals surface area contributed by atoms with Crippen molar-refractivity contribution in [3.8, 4) is 0 Å². The lowest BCUT2D eigenvalue weighted by molar-refractivity contribution is 0.0746. The molecule has 15 heavy (non-hydrogen) atoms. The van der Waals surface area contributed by atoms with Crippen LogP contribution in [0, 0.1) is 0 Å². The average molecular weight is 208 g/mol. The number of nitrogens with zero attached hydrogens (tertiary/aromatic N) is 2. The topological polar surface area (TPSA) is 25.2 Å². The van der Waals surface area contributed by atoms with Gasteiger partial charge >= 0.3 is 0 Å². The molecule has 0 saturated carbocycles. The molecule has 0 spiro atoms. The summed E-state index contributed by atoms with van der Waals surface area (Å²) in [6.07, 6.45) is 3.94. The average Bonchev–Trinajstić information content (AvgIpc) is 2.63. The molecule has 2 rings (SSSR count). The van der Waals surface area contributed by atoms with Crippen LogP contribution in [0.3, 0.4) is 0 Å². The highest BCUT2D eigenvalue weighted by Crippen LogP contribution is 2.14. The van der Waals surface area contributed by atoms with Gasteiger partial charge in [0.1, 0.15) is 11.5 Å². The van der Waals surface area contributed by atoms with Crippen LogP contribution in [0.4, 0.5) is 4.39 Å². The molecule has 1 amide bonds. The summed E-state index contributed by atoms with van der Waals surface area (Å²) in [4.78, 5) is 13.5. The molecule has 0 aliphatic carbocycles. The Hall–Kier alpha value is -1.58. The summed E-state index contributed by atoms with van der Waals surface area (Å²) in [6, 6.07) is 3.56. The smallest absolute Gasteiger partial charge is 0.270 e. The number of aromatic nitrogens is 1. The van der Waals surface area contributed by atoms with Crippen LogP contribution in [0.25, 0.3) is 0 Å². The van der Waals surface area contributed by atoms with Crippen LogP contribution < -0.4 is 0 Å². The normalized spacial score (nSPS) is 16.4. The number of rotatable bonds is 1. The van der Waals surface area contributed by atoms with Crippen LogP contribution in [0.15, 0.2) is 30.2 Å². The van der Waals surface area contributed by atoms with Crippen molar-refractivity contribution in [2.75, 3.05) is 13.1 Å². The van der Waals surface area contributed by atoms with E-state index in [2.05, 4.69) is 0 Å². The molecule has 0 aromatic carbocycles. The van der Waals surface area contributed by atoms with Crippen molar-refractivity contribution < 1.29 is 9.18 Å². The fourth-order valence-electron chi connectivity index (χ4n) is 1.72. The predicted octanol–water partition coefficient (Wildman–Crippen LogP) is 1.72. The minimum absolute atomic E-state index is 0.101. The van der Waals surface area contributed by atoms with Gasteiger partial charge in [-0.1, -0.05) is 0 Å². The van der Waals surface area contributed by atoms with Crippen molar-refractivity contribution in [3.63, 3.8) is 0 Å². The maximum absolute atomic E-state index is 13.0. The molecule has 0 radical (unpaired) electrons. The van der Waals surface area contributed by atoms with E-state index < -0.39 is 0 Å². The van der Waals surface area contributed by atoms with Gasteiger partial charge in [0.2, 0.25) is 0 Å². The van der Waals surface area contributed by atoms with E-state index in [1.54, 1.807) is 10.6 Å².